The molecule has 0 aliphatic rings. The minimum absolute atomic E-state index is 0.00117. The van der Waals surface area contributed by atoms with Crippen LogP contribution in [-0.4, -0.2) is 85.1 Å². The van der Waals surface area contributed by atoms with Crippen molar-refractivity contribution >= 4 is 35.6 Å². The number of nitrogens with one attached hydrogen (secondary N) is 4. The van der Waals surface area contributed by atoms with Crippen LogP contribution in [0.4, 0.5) is 0 Å². The monoisotopic (exact) mass is 560 g/mol. The van der Waals surface area contributed by atoms with Gasteiger partial charge in [0.25, 0.3) is 0 Å². The molecule has 1 aromatic heterocycles. The number of benzene rings is 1. The number of carboxylic acid groups (broad SMARTS) is 3. The first-order valence-corrected chi connectivity index (χ1v) is 12.3. The van der Waals surface area contributed by atoms with Crippen molar-refractivity contribution in [2.75, 3.05) is 0 Å². The summed E-state index contributed by atoms with van der Waals surface area (Å²) < 4.78 is 0. The summed E-state index contributed by atoms with van der Waals surface area (Å²) in [5.41, 5.74) is 6.89. The number of imidazole rings is 1. The molecular weight excluding hydrogens is 528 g/mol. The van der Waals surface area contributed by atoms with Gasteiger partial charge in [-0.15, -0.1) is 0 Å². The number of aromatic amines is 1. The summed E-state index contributed by atoms with van der Waals surface area (Å²) >= 11 is 0. The van der Waals surface area contributed by atoms with Crippen molar-refractivity contribution in [2.24, 2.45) is 5.73 Å². The summed E-state index contributed by atoms with van der Waals surface area (Å²) in [4.78, 5) is 79.1. The zero-order valence-electron chi connectivity index (χ0n) is 21.4. The van der Waals surface area contributed by atoms with E-state index in [4.69, 9.17) is 15.9 Å². The highest BCUT2D eigenvalue weighted by Crippen LogP contribution is 2.08. The second-order valence-electron chi connectivity index (χ2n) is 8.96. The smallest absolute Gasteiger partial charge is 0.326 e. The van der Waals surface area contributed by atoms with E-state index in [-0.39, 0.29) is 32.1 Å². The van der Waals surface area contributed by atoms with E-state index in [1.807, 2.05) is 0 Å². The number of hydrogen-bond acceptors (Lipinski definition) is 8. The van der Waals surface area contributed by atoms with Gasteiger partial charge in [-0.1, -0.05) is 30.3 Å². The molecular formula is C25H32N6O9. The molecule has 9 N–H and O–H groups in total. The van der Waals surface area contributed by atoms with Crippen molar-refractivity contribution in [3.05, 3.63) is 54.1 Å². The second kappa shape index (κ2) is 15.6. The zero-order valence-corrected chi connectivity index (χ0v) is 21.4. The zero-order chi connectivity index (χ0) is 29.7. The molecule has 4 unspecified atom stereocenters. The van der Waals surface area contributed by atoms with Crippen LogP contribution in [0.5, 0.6) is 0 Å². The molecule has 1 heterocycles. The molecule has 4 atom stereocenters. The molecule has 216 valence electrons. The van der Waals surface area contributed by atoms with Gasteiger partial charge in [-0.2, -0.15) is 0 Å². The molecule has 1 aromatic carbocycles. The lowest BCUT2D eigenvalue weighted by atomic mass is 10.0. The van der Waals surface area contributed by atoms with E-state index >= 15 is 0 Å². The highest BCUT2D eigenvalue weighted by molar-refractivity contribution is 5.94. The molecule has 0 spiro atoms. The predicted octanol–water partition coefficient (Wildman–Crippen LogP) is -1.21. The fourth-order valence-corrected chi connectivity index (χ4v) is 3.64. The van der Waals surface area contributed by atoms with Crippen LogP contribution in [0.2, 0.25) is 0 Å². The van der Waals surface area contributed by atoms with E-state index in [2.05, 4.69) is 25.9 Å². The second-order valence-corrected chi connectivity index (χ2v) is 8.96. The van der Waals surface area contributed by atoms with Crippen LogP contribution in [-0.2, 0) is 41.6 Å². The number of nitrogens with zero attached hydrogens (tertiary/aromatic N) is 1. The van der Waals surface area contributed by atoms with Crippen LogP contribution in [0, 0.1) is 0 Å². The molecule has 0 aliphatic carbocycles. The number of carbonyl (C=O) groups is 6. The lowest BCUT2D eigenvalue weighted by Gasteiger charge is -2.25. The van der Waals surface area contributed by atoms with Gasteiger partial charge in [0.2, 0.25) is 17.7 Å². The maximum absolute atomic E-state index is 13.4. The Morgan fingerprint density at radius 3 is 1.88 bits per heavy atom. The van der Waals surface area contributed by atoms with Crippen LogP contribution in [0.15, 0.2) is 42.9 Å². The van der Waals surface area contributed by atoms with E-state index in [0.29, 0.717) is 11.3 Å². The Bertz CT molecular complexity index is 1170. The summed E-state index contributed by atoms with van der Waals surface area (Å²) in [6, 6.07) is 3.32. The summed E-state index contributed by atoms with van der Waals surface area (Å²) in [5, 5.41) is 34.5. The fraction of sp³-hybridized carbons (Fsp3) is 0.400. The van der Waals surface area contributed by atoms with Crippen molar-refractivity contribution in [3.8, 4) is 0 Å². The van der Waals surface area contributed by atoms with Crippen LogP contribution in [0.1, 0.15) is 36.9 Å². The van der Waals surface area contributed by atoms with Crippen molar-refractivity contribution in [2.45, 2.75) is 62.7 Å². The molecule has 0 fully saturated rings. The first-order chi connectivity index (χ1) is 19.0. The minimum atomic E-state index is -1.53. The van der Waals surface area contributed by atoms with Gasteiger partial charge >= 0.3 is 17.9 Å². The standard InChI is InChI=1S/C25H32N6O9/c26-16(6-8-20(32)33)22(36)30-18(10-14-4-2-1-3-5-14)23(37)31-19(11-15-12-27-13-28-15)24(38)29-17(25(39)40)7-9-21(34)35/h1-5,12-13,16-19H,6-11,26H2,(H,27,28)(H,29,38)(H,30,36)(H,31,37)(H,32,33)(H,34,35)(H,39,40). The van der Waals surface area contributed by atoms with Crippen LogP contribution >= 0.6 is 0 Å². The lowest BCUT2D eigenvalue weighted by Crippen LogP contribution is -2.58. The first-order valence-electron chi connectivity index (χ1n) is 12.3. The van der Waals surface area contributed by atoms with Crippen molar-refractivity contribution in [1.29, 1.82) is 0 Å². The van der Waals surface area contributed by atoms with Gasteiger partial charge in [-0.25, -0.2) is 9.78 Å². The minimum Gasteiger partial charge on any atom is -0.481 e. The van der Waals surface area contributed by atoms with Crippen LogP contribution < -0.4 is 21.7 Å². The number of aromatic nitrogens is 2. The number of hydrogen-bond donors (Lipinski definition) is 8. The van der Waals surface area contributed by atoms with E-state index in [9.17, 15) is 33.9 Å². The Kier molecular flexibility index (Phi) is 12.2. The third-order valence-electron chi connectivity index (χ3n) is 5.79. The first kappa shape index (κ1) is 31.4. The van der Waals surface area contributed by atoms with E-state index < -0.39 is 66.2 Å². The van der Waals surface area contributed by atoms with Gasteiger partial charge in [0, 0.05) is 37.6 Å². The van der Waals surface area contributed by atoms with Gasteiger partial charge in [0.15, 0.2) is 0 Å². The molecule has 15 nitrogen and oxygen atoms in total. The summed E-state index contributed by atoms with van der Waals surface area (Å²) in [5.74, 6) is -6.30. The SMILES string of the molecule is NC(CCC(=O)O)C(=O)NC(Cc1ccccc1)C(=O)NC(Cc1cnc[nH]1)C(=O)NC(CCC(=O)O)C(=O)O. The number of carbonyl (C=O) groups excluding carboxylic acids is 3. The molecule has 2 aromatic rings. The Labute approximate surface area is 228 Å². The number of amides is 3. The average molecular weight is 561 g/mol. The Morgan fingerprint density at radius 1 is 0.775 bits per heavy atom. The topological polar surface area (TPSA) is 254 Å². The van der Waals surface area contributed by atoms with Crippen molar-refractivity contribution in [1.82, 2.24) is 25.9 Å². The Balaban J connectivity index is 2.25. The van der Waals surface area contributed by atoms with E-state index in [1.165, 1.54) is 12.5 Å². The van der Waals surface area contributed by atoms with Crippen molar-refractivity contribution < 1.29 is 44.1 Å². The summed E-state index contributed by atoms with van der Waals surface area (Å²) in [6.45, 7) is 0. The molecule has 0 aliphatic heterocycles. The normalized spacial score (nSPS) is 13.7. The van der Waals surface area contributed by atoms with Gasteiger partial charge < -0.3 is 42.0 Å². The molecule has 15 heteroatoms. The van der Waals surface area contributed by atoms with Crippen LogP contribution in [0.3, 0.4) is 0 Å². The predicted molar refractivity (Wildman–Crippen MR) is 138 cm³/mol. The fourth-order valence-electron chi connectivity index (χ4n) is 3.64. The van der Waals surface area contributed by atoms with Gasteiger partial charge in [0.1, 0.15) is 18.1 Å². The highest BCUT2D eigenvalue weighted by Gasteiger charge is 2.31. The van der Waals surface area contributed by atoms with Crippen LogP contribution in [0.25, 0.3) is 0 Å². The molecule has 0 saturated heterocycles. The third-order valence-corrected chi connectivity index (χ3v) is 5.79. The number of nitrogens with two attached hydrogens (primary N) is 1. The van der Waals surface area contributed by atoms with Gasteiger partial charge in [-0.3, -0.25) is 24.0 Å². The summed E-state index contributed by atoms with van der Waals surface area (Å²) in [6.07, 6.45) is 1.18. The Morgan fingerprint density at radius 2 is 1.32 bits per heavy atom. The highest BCUT2D eigenvalue weighted by atomic mass is 16.4. The molecule has 40 heavy (non-hydrogen) atoms. The quantitative estimate of drug-likeness (QED) is 0.114. The number of rotatable bonds is 17. The van der Waals surface area contributed by atoms with Gasteiger partial charge in [-0.05, 0) is 18.4 Å². The summed E-state index contributed by atoms with van der Waals surface area (Å²) in [7, 11) is 0. The molecule has 0 saturated carbocycles. The third kappa shape index (κ3) is 10.9. The van der Waals surface area contributed by atoms with Crippen molar-refractivity contribution in [3.63, 3.8) is 0 Å². The number of carboxylic acids is 3. The van der Waals surface area contributed by atoms with E-state index in [0.717, 1.165) is 0 Å². The maximum atomic E-state index is 13.4. The molecule has 3 amide bonds. The number of H-pyrrole nitrogens is 1. The lowest BCUT2D eigenvalue weighted by molar-refractivity contribution is -0.143. The molecule has 0 bridgehead atoms. The maximum Gasteiger partial charge on any atom is 0.326 e. The average Bonchev–Trinajstić information content (AvgIpc) is 3.42. The molecule has 2 rings (SSSR count). The van der Waals surface area contributed by atoms with Gasteiger partial charge in [0.05, 0.1) is 12.4 Å². The Hall–Kier alpha value is -4.79. The molecule has 0 radical (unpaired) electrons. The largest absolute Gasteiger partial charge is 0.481 e. The number of aliphatic carboxylic acids is 3. The van der Waals surface area contributed by atoms with E-state index in [1.54, 1.807) is 30.3 Å².